The normalized spacial score (nSPS) is 17.0. The Balaban J connectivity index is 1.55. The van der Waals surface area contributed by atoms with Crippen molar-refractivity contribution in [2.75, 3.05) is 13.1 Å². The van der Waals surface area contributed by atoms with Crippen LogP contribution in [-0.2, 0) is 6.54 Å². The lowest BCUT2D eigenvalue weighted by molar-refractivity contribution is 0.146. The van der Waals surface area contributed by atoms with E-state index >= 15 is 0 Å². The van der Waals surface area contributed by atoms with Gasteiger partial charge in [-0.25, -0.2) is 14.1 Å². The summed E-state index contributed by atoms with van der Waals surface area (Å²) in [6, 6.07) is 7.95. The minimum Gasteiger partial charge on any atom is -0.316 e. The average molecular weight is 303 g/mol. The molecule has 2 aromatic heterocycles. The molecular formula is C14H14FN5S. The van der Waals surface area contributed by atoms with Crippen molar-refractivity contribution in [3.63, 3.8) is 0 Å². The summed E-state index contributed by atoms with van der Waals surface area (Å²) in [5.41, 5.74) is 1.66. The van der Waals surface area contributed by atoms with Crippen LogP contribution >= 0.6 is 11.3 Å². The molecule has 1 aromatic carbocycles. The summed E-state index contributed by atoms with van der Waals surface area (Å²) in [5.74, 6) is 0.0973. The zero-order chi connectivity index (χ0) is 14.2. The molecule has 0 radical (unpaired) electrons. The molecule has 0 bridgehead atoms. The fraction of sp³-hybridized carbons (Fsp3) is 0.357. The van der Waals surface area contributed by atoms with E-state index in [1.54, 1.807) is 22.2 Å². The van der Waals surface area contributed by atoms with E-state index in [1.807, 2.05) is 24.3 Å². The predicted molar refractivity (Wildman–Crippen MR) is 79.9 cm³/mol. The summed E-state index contributed by atoms with van der Waals surface area (Å²) >= 11 is 1.57. The Morgan fingerprint density at radius 2 is 2.24 bits per heavy atom. The van der Waals surface area contributed by atoms with E-state index in [0.717, 1.165) is 28.3 Å². The molecule has 5 nitrogen and oxygen atoms in total. The molecule has 0 aliphatic carbocycles. The zero-order valence-electron chi connectivity index (χ0n) is 11.2. The molecule has 1 atom stereocenters. The number of benzene rings is 1. The highest BCUT2D eigenvalue weighted by Gasteiger charge is 2.27. The van der Waals surface area contributed by atoms with Gasteiger partial charge in [0.15, 0.2) is 0 Å². The zero-order valence-corrected chi connectivity index (χ0v) is 12.1. The van der Waals surface area contributed by atoms with E-state index in [4.69, 9.17) is 0 Å². The maximum absolute atomic E-state index is 14.0. The topological polar surface area (TPSA) is 55.6 Å². The number of nitrogens with zero attached hydrogens (tertiary/aromatic N) is 4. The van der Waals surface area contributed by atoms with Crippen LogP contribution in [0.1, 0.15) is 0 Å². The van der Waals surface area contributed by atoms with Gasteiger partial charge < -0.3 is 5.32 Å². The van der Waals surface area contributed by atoms with Gasteiger partial charge >= 0.3 is 0 Å². The van der Waals surface area contributed by atoms with Gasteiger partial charge in [0.1, 0.15) is 16.9 Å². The third kappa shape index (κ3) is 2.43. The molecule has 1 aliphatic rings. The lowest BCUT2D eigenvalue weighted by atomic mass is 9.98. The summed E-state index contributed by atoms with van der Waals surface area (Å²) in [5, 5.41) is 12.0. The minimum absolute atomic E-state index is 0.0973. The van der Waals surface area contributed by atoms with Crippen LogP contribution in [0.25, 0.3) is 20.9 Å². The van der Waals surface area contributed by atoms with Gasteiger partial charge in [0.05, 0.1) is 23.0 Å². The second kappa shape index (κ2) is 5.16. The molecule has 0 saturated carbocycles. The first-order chi connectivity index (χ1) is 10.3. The first kappa shape index (κ1) is 12.8. The molecule has 0 spiro atoms. The van der Waals surface area contributed by atoms with Crippen molar-refractivity contribution in [2.45, 2.75) is 12.7 Å². The molecular weight excluding hydrogens is 289 g/mol. The number of rotatable bonds is 4. The molecule has 1 N–H and O–H groups in total. The summed E-state index contributed by atoms with van der Waals surface area (Å²) in [7, 11) is 0. The van der Waals surface area contributed by atoms with Gasteiger partial charge in [0.25, 0.3) is 0 Å². The Morgan fingerprint density at radius 3 is 3.00 bits per heavy atom. The first-order valence-corrected chi connectivity index (χ1v) is 7.72. The summed E-state index contributed by atoms with van der Waals surface area (Å²) < 4.78 is 16.7. The summed E-state index contributed by atoms with van der Waals surface area (Å²) in [6.07, 6.45) is 0.896. The Hall–Kier alpha value is -1.86. The molecule has 1 aliphatic heterocycles. The highest BCUT2D eigenvalue weighted by Crippen LogP contribution is 2.28. The number of nitrogens with one attached hydrogen (secondary N) is 1. The maximum atomic E-state index is 14.0. The van der Waals surface area contributed by atoms with E-state index in [-0.39, 0.29) is 12.5 Å². The Morgan fingerprint density at radius 1 is 1.38 bits per heavy atom. The molecule has 1 saturated heterocycles. The Bertz CT molecular complexity index is 730. The van der Waals surface area contributed by atoms with Gasteiger partial charge in [-0.05, 0) is 12.1 Å². The smallest absolute Gasteiger partial charge is 0.146 e. The third-order valence-electron chi connectivity index (χ3n) is 3.74. The van der Waals surface area contributed by atoms with Gasteiger partial charge in [-0.3, -0.25) is 0 Å². The second-order valence-electron chi connectivity index (χ2n) is 5.25. The van der Waals surface area contributed by atoms with Crippen LogP contribution in [0.3, 0.4) is 0 Å². The number of para-hydroxylation sites is 1. The van der Waals surface area contributed by atoms with E-state index in [2.05, 4.69) is 20.6 Å². The highest BCUT2D eigenvalue weighted by atomic mass is 32.1. The van der Waals surface area contributed by atoms with Gasteiger partial charge in [0.2, 0.25) is 0 Å². The molecule has 4 rings (SSSR count). The molecule has 0 amide bonds. The molecule has 1 fully saturated rings. The Kier molecular flexibility index (Phi) is 3.16. The van der Waals surface area contributed by atoms with Crippen molar-refractivity contribution in [3.8, 4) is 10.7 Å². The molecule has 21 heavy (non-hydrogen) atoms. The van der Waals surface area contributed by atoms with Crippen molar-refractivity contribution in [1.82, 2.24) is 25.3 Å². The first-order valence-electron chi connectivity index (χ1n) is 6.90. The predicted octanol–water partition coefficient (Wildman–Crippen LogP) is 2.11. The quantitative estimate of drug-likeness (QED) is 0.802. The lowest BCUT2D eigenvalue weighted by Gasteiger charge is -2.29. The largest absolute Gasteiger partial charge is 0.316 e. The van der Waals surface area contributed by atoms with Crippen molar-refractivity contribution >= 4 is 21.6 Å². The van der Waals surface area contributed by atoms with Crippen molar-refractivity contribution in [3.05, 3.63) is 30.5 Å². The fourth-order valence-corrected chi connectivity index (χ4v) is 3.28. The minimum atomic E-state index is -0.879. The SMILES string of the molecule is FC(Cn1cc(-c2nc3ccccc3s2)nn1)C1CNC1. The summed E-state index contributed by atoms with van der Waals surface area (Å²) in [6.45, 7) is 1.76. The van der Waals surface area contributed by atoms with Crippen LogP contribution in [0.4, 0.5) is 4.39 Å². The molecule has 7 heteroatoms. The number of fused-ring (bicyclic) bond motifs is 1. The van der Waals surface area contributed by atoms with Gasteiger partial charge in [-0.1, -0.05) is 17.3 Å². The van der Waals surface area contributed by atoms with Crippen molar-refractivity contribution in [2.24, 2.45) is 5.92 Å². The lowest BCUT2D eigenvalue weighted by Crippen LogP contribution is -2.48. The number of hydrogen-bond donors (Lipinski definition) is 1. The van der Waals surface area contributed by atoms with Crippen LogP contribution < -0.4 is 5.32 Å². The van der Waals surface area contributed by atoms with Crippen LogP contribution in [0.15, 0.2) is 30.5 Å². The van der Waals surface area contributed by atoms with Crippen molar-refractivity contribution in [1.29, 1.82) is 0 Å². The Labute approximate surface area is 124 Å². The number of halogens is 1. The monoisotopic (exact) mass is 303 g/mol. The number of hydrogen-bond acceptors (Lipinski definition) is 5. The van der Waals surface area contributed by atoms with E-state index in [1.165, 1.54) is 0 Å². The second-order valence-corrected chi connectivity index (χ2v) is 6.28. The van der Waals surface area contributed by atoms with E-state index in [9.17, 15) is 4.39 Å². The van der Waals surface area contributed by atoms with Crippen LogP contribution in [0.5, 0.6) is 0 Å². The van der Waals surface area contributed by atoms with Crippen LogP contribution in [0.2, 0.25) is 0 Å². The van der Waals surface area contributed by atoms with Gasteiger partial charge in [0, 0.05) is 19.0 Å². The average Bonchev–Trinajstić information content (AvgIpc) is 3.01. The standard InChI is InChI=1S/C14H14FN5S/c15-10(9-5-16-6-9)7-20-8-12(18-19-20)14-17-11-3-1-2-4-13(11)21-14/h1-4,8-10,16H,5-7H2. The van der Waals surface area contributed by atoms with Crippen LogP contribution in [-0.4, -0.2) is 39.2 Å². The maximum Gasteiger partial charge on any atom is 0.146 e. The number of alkyl halides is 1. The van der Waals surface area contributed by atoms with Crippen LogP contribution in [0, 0.1) is 5.92 Å². The van der Waals surface area contributed by atoms with Gasteiger partial charge in [-0.15, -0.1) is 16.4 Å². The number of aromatic nitrogens is 4. The third-order valence-corrected chi connectivity index (χ3v) is 4.80. The molecule has 3 heterocycles. The van der Waals surface area contributed by atoms with Gasteiger partial charge in [-0.2, -0.15) is 0 Å². The molecule has 3 aromatic rings. The summed E-state index contributed by atoms with van der Waals surface area (Å²) in [4.78, 5) is 4.54. The molecule has 1 unspecified atom stereocenters. The molecule has 108 valence electrons. The highest BCUT2D eigenvalue weighted by molar-refractivity contribution is 7.21. The number of thiazole rings is 1. The fourth-order valence-electron chi connectivity index (χ4n) is 2.36. The van der Waals surface area contributed by atoms with E-state index in [0.29, 0.717) is 5.69 Å². The van der Waals surface area contributed by atoms with Crippen molar-refractivity contribution < 1.29 is 4.39 Å². The van der Waals surface area contributed by atoms with E-state index < -0.39 is 6.17 Å².